The van der Waals surface area contributed by atoms with Crippen molar-refractivity contribution in [1.29, 1.82) is 0 Å². The first-order chi connectivity index (χ1) is 11.1. The van der Waals surface area contributed by atoms with Gasteiger partial charge in [-0.25, -0.2) is 0 Å². The number of nitrogens with one attached hydrogen (secondary N) is 1. The minimum absolute atomic E-state index is 0. The Hall–Kier alpha value is -2.04. The molecule has 2 aromatic heterocycles. The second kappa shape index (κ2) is 6.46. The smallest absolute Gasteiger partial charge is 0.220 e. The third-order valence-corrected chi connectivity index (χ3v) is 4.82. The third kappa shape index (κ3) is 2.76. The van der Waals surface area contributed by atoms with Crippen LogP contribution in [0, 0.1) is 5.92 Å². The molecule has 0 fully saturated rings. The fourth-order valence-corrected chi connectivity index (χ4v) is 3.63. The normalized spacial score (nSPS) is 16.5. The molecule has 3 N–H and O–H groups in total. The van der Waals surface area contributed by atoms with Gasteiger partial charge < -0.3 is 10.7 Å². The summed E-state index contributed by atoms with van der Waals surface area (Å²) in [5.74, 6) is -0.369. The maximum atomic E-state index is 11.6. The van der Waals surface area contributed by atoms with Crippen molar-refractivity contribution in [2.24, 2.45) is 11.7 Å². The minimum atomic E-state index is -0.241. The van der Waals surface area contributed by atoms with Gasteiger partial charge in [-0.05, 0) is 48.7 Å². The van der Waals surface area contributed by atoms with Crippen LogP contribution in [0.4, 0.5) is 0 Å². The first-order valence-electron chi connectivity index (χ1n) is 7.67. The van der Waals surface area contributed by atoms with Crippen LogP contribution in [0.15, 0.2) is 36.5 Å². The van der Waals surface area contributed by atoms with Gasteiger partial charge >= 0.3 is 0 Å². The number of carbonyl (C=O) groups is 1. The van der Waals surface area contributed by atoms with E-state index in [9.17, 15) is 4.79 Å². The number of carbonyl (C=O) groups excluding carboxylic acids is 1. The number of hydrogen-bond donors (Lipinski definition) is 2. The Kier molecular flexibility index (Phi) is 4.52. The van der Waals surface area contributed by atoms with E-state index >= 15 is 0 Å². The molecular weight excluding hydrogens is 345 g/mol. The highest BCUT2D eigenvalue weighted by atomic mass is 35.5. The molecule has 1 unspecified atom stereocenters. The van der Waals surface area contributed by atoms with Gasteiger partial charge in [-0.2, -0.15) is 0 Å². The van der Waals surface area contributed by atoms with Gasteiger partial charge in [0.1, 0.15) is 0 Å². The van der Waals surface area contributed by atoms with Crippen molar-refractivity contribution >= 4 is 40.8 Å². The zero-order valence-electron chi connectivity index (χ0n) is 12.9. The standard InChI is InChI=1S/C18H16ClN3O.ClH/c19-11-4-6-14-13(9-11)17(15-2-1-7-21-15)12-5-3-10(18(20)23)8-16(12)22-14;/h1-2,4,6-7,9-10,21H,3,5,8H2,(H2,20,23);1H. The lowest BCUT2D eigenvalue weighted by Crippen LogP contribution is -2.29. The number of primary amides is 1. The summed E-state index contributed by atoms with van der Waals surface area (Å²) in [6.45, 7) is 0. The molecule has 0 bridgehead atoms. The van der Waals surface area contributed by atoms with Crippen LogP contribution in [0.1, 0.15) is 17.7 Å². The van der Waals surface area contributed by atoms with Crippen molar-refractivity contribution in [3.63, 3.8) is 0 Å². The Labute approximate surface area is 150 Å². The van der Waals surface area contributed by atoms with Gasteiger partial charge in [0.25, 0.3) is 0 Å². The predicted octanol–water partition coefficient (Wildman–Crippen LogP) is 3.90. The van der Waals surface area contributed by atoms with Gasteiger partial charge in [0.05, 0.1) is 5.52 Å². The summed E-state index contributed by atoms with van der Waals surface area (Å²) in [4.78, 5) is 19.6. The number of rotatable bonds is 2. The second-order valence-electron chi connectivity index (χ2n) is 6.00. The van der Waals surface area contributed by atoms with Gasteiger partial charge in [-0.15, -0.1) is 12.4 Å². The lowest BCUT2D eigenvalue weighted by Gasteiger charge is -2.24. The number of aromatic amines is 1. The number of amides is 1. The molecule has 1 atom stereocenters. The van der Waals surface area contributed by atoms with E-state index in [0.717, 1.165) is 40.7 Å². The number of benzene rings is 1. The highest BCUT2D eigenvalue weighted by molar-refractivity contribution is 6.31. The molecule has 0 aliphatic heterocycles. The van der Waals surface area contributed by atoms with Crippen LogP contribution in [0.2, 0.25) is 5.02 Å². The van der Waals surface area contributed by atoms with Gasteiger partial charge in [0.2, 0.25) is 5.91 Å². The van der Waals surface area contributed by atoms with E-state index in [1.54, 1.807) is 0 Å². The maximum Gasteiger partial charge on any atom is 0.220 e. The van der Waals surface area contributed by atoms with E-state index in [2.05, 4.69) is 11.1 Å². The quantitative estimate of drug-likeness (QED) is 0.726. The monoisotopic (exact) mass is 361 g/mol. The largest absolute Gasteiger partial charge is 0.369 e. The van der Waals surface area contributed by atoms with Crippen LogP contribution in [0.25, 0.3) is 22.2 Å². The lowest BCUT2D eigenvalue weighted by molar-refractivity contribution is -0.122. The minimum Gasteiger partial charge on any atom is -0.369 e. The molecule has 124 valence electrons. The fourth-order valence-electron chi connectivity index (χ4n) is 3.45. The molecule has 0 saturated carbocycles. The fraction of sp³-hybridized carbons (Fsp3) is 0.222. The molecule has 0 radical (unpaired) electrons. The highest BCUT2D eigenvalue weighted by Gasteiger charge is 2.27. The van der Waals surface area contributed by atoms with Crippen LogP contribution in [-0.2, 0) is 17.6 Å². The number of aromatic nitrogens is 2. The number of halogens is 2. The van der Waals surface area contributed by atoms with E-state index in [4.69, 9.17) is 22.3 Å². The summed E-state index contributed by atoms with van der Waals surface area (Å²) < 4.78 is 0. The summed E-state index contributed by atoms with van der Waals surface area (Å²) in [5, 5.41) is 1.73. The summed E-state index contributed by atoms with van der Waals surface area (Å²) in [7, 11) is 0. The van der Waals surface area contributed by atoms with Crippen LogP contribution in [0.3, 0.4) is 0 Å². The molecule has 1 aromatic carbocycles. The van der Waals surface area contributed by atoms with E-state index in [0.29, 0.717) is 11.4 Å². The van der Waals surface area contributed by atoms with E-state index in [1.807, 2.05) is 30.5 Å². The average Bonchev–Trinajstić information content (AvgIpc) is 3.06. The summed E-state index contributed by atoms with van der Waals surface area (Å²) >= 11 is 6.20. The van der Waals surface area contributed by atoms with Crippen molar-refractivity contribution in [1.82, 2.24) is 9.97 Å². The van der Waals surface area contributed by atoms with Gasteiger partial charge in [0.15, 0.2) is 0 Å². The number of nitrogens with two attached hydrogens (primary N) is 1. The van der Waals surface area contributed by atoms with Crippen LogP contribution < -0.4 is 5.73 Å². The molecule has 3 aromatic rings. The zero-order valence-corrected chi connectivity index (χ0v) is 14.5. The van der Waals surface area contributed by atoms with Crippen molar-refractivity contribution < 1.29 is 4.79 Å². The molecule has 0 spiro atoms. The number of pyridine rings is 1. The van der Waals surface area contributed by atoms with Crippen molar-refractivity contribution in [3.8, 4) is 11.3 Å². The molecular formula is C18H17Cl2N3O. The molecule has 4 nitrogen and oxygen atoms in total. The van der Waals surface area contributed by atoms with Gasteiger partial charge in [-0.3, -0.25) is 9.78 Å². The Balaban J connectivity index is 0.00000169. The number of fused-ring (bicyclic) bond motifs is 2. The van der Waals surface area contributed by atoms with Crippen molar-refractivity contribution in [2.45, 2.75) is 19.3 Å². The highest BCUT2D eigenvalue weighted by Crippen LogP contribution is 2.37. The first-order valence-corrected chi connectivity index (χ1v) is 8.05. The molecule has 4 rings (SSSR count). The van der Waals surface area contributed by atoms with Crippen LogP contribution >= 0.6 is 24.0 Å². The number of H-pyrrole nitrogens is 1. The van der Waals surface area contributed by atoms with Gasteiger partial charge in [0, 0.05) is 45.9 Å². The summed E-state index contributed by atoms with van der Waals surface area (Å²) in [6, 6.07) is 9.76. The molecule has 1 amide bonds. The molecule has 1 aliphatic carbocycles. The van der Waals surface area contributed by atoms with Crippen LogP contribution in [0.5, 0.6) is 0 Å². The van der Waals surface area contributed by atoms with E-state index < -0.39 is 0 Å². The summed E-state index contributed by atoms with van der Waals surface area (Å²) in [5.41, 5.74) is 10.7. The molecule has 6 heteroatoms. The molecule has 1 aliphatic rings. The lowest BCUT2D eigenvalue weighted by atomic mass is 9.82. The van der Waals surface area contributed by atoms with Crippen LogP contribution in [-0.4, -0.2) is 15.9 Å². The average molecular weight is 362 g/mol. The second-order valence-corrected chi connectivity index (χ2v) is 6.44. The Morgan fingerprint density at radius 2 is 2.17 bits per heavy atom. The molecule has 24 heavy (non-hydrogen) atoms. The Bertz CT molecular complexity index is 906. The zero-order chi connectivity index (χ0) is 16.0. The van der Waals surface area contributed by atoms with Crippen molar-refractivity contribution in [2.75, 3.05) is 0 Å². The maximum absolute atomic E-state index is 11.6. The first kappa shape index (κ1) is 16.8. The predicted molar refractivity (Wildman–Crippen MR) is 98.5 cm³/mol. The topological polar surface area (TPSA) is 71.8 Å². The molecule has 2 heterocycles. The summed E-state index contributed by atoms with van der Waals surface area (Å²) in [6.07, 6.45) is 4.08. The number of nitrogens with zero attached hydrogens (tertiary/aromatic N) is 1. The number of hydrogen-bond acceptors (Lipinski definition) is 2. The Morgan fingerprint density at radius 1 is 1.33 bits per heavy atom. The van der Waals surface area contributed by atoms with Crippen molar-refractivity contribution in [3.05, 3.63) is 52.8 Å². The van der Waals surface area contributed by atoms with E-state index in [-0.39, 0.29) is 24.2 Å². The third-order valence-electron chi connectivity index (χ3n) is 4.59. The molecule has 0 saturated heterocycles. The van der Waals surface area contributed by atoms with Gasteiger partial charge in [-0.1, -0.05) is 11.6 Å². The van der Waals surface area contributed by atoms with E-state index in [1.165, 1.54) is 5.56 Å². The Morgan fingerprint density at radius 3 is 2.88 bits per heavy atom. The SMILES string of the molecule is Cl.NC(=O)C1CCc2c(nc3ccc(Cl)cc3c2-c2ccc[nH]2)C1.